The predicted molar refractivity (Wildman–Crippen MR) is 112 cm³/mol. The van der Waals surface area contributed by atoms with Crippen LogP contribution in [-0.2, 0) is 9.53 Å². The van der Waals surface area contributed by atoms with Crippen molar-refractivity contribution < 1.29 is 14.3 Å². The first-order valence-electron chi connectivity index (χ1n) is 10.2. The molecule has 0 radical (unpaired) electrons. The molecule has 2 aromatic rings. The van der Waals surface area contributed by atoms with Crippen LogP contribution in [0.3, 0.4) is 0 Å². The molecule has 6 heteroatoms. The summed E-state index contributed by atoms with van der Waals surface area (Å²) in [6.45, 7) is 2.93. The van der Waals surface area contributed by atoms with Crippen molar-refractivity contribution in [3.8, 4) is 0 Å². The van der Waals surface area contributed by atoms with Gasteiger partial charge in [-0.1, -0.05) is 36.4 Å². The number of carbonyl (C=O) groups is 2. The number of amides is 2. The van der Waals surface area contributed by atoms with Crippen LogP contribution in [0, 0.1) is 0 Å². The van der Waals surface area contributed by atoms with Gasteiger partial charge in [0.15, 0.2) is 0 Å². The van der Waals surface area contributed by atoms with Crippen LogP contribution in [0.4, 0.5) is 5.69 Å². The predicted octanol–water partition coefficient (Wildman–Crippen LogP) is 2.93. The van der Waals surface area contributed by atoms with E-state index in [1.165, 1.54) is 0 Å². The monoisotopic (exact) mass is 393 g/mol. The number of rotatable bonds is 4. The van der Waals surface area contributed by atoms with E-state index < -0.39 is 6.10 Å². The van der Waals surface area contributed by atoms with Crippen LogP contribution in [0.25, 0.3) is 0 Å². The van der Waals surface area contributed by atoms with E-state index in [1.807, 2.05) is 41.3 Å². The van der Waals surface area contributed by atoms with Gasteiger partial charge in [0.1, 0.15) is 6.10 Å². The highest BCUT2D eigenvalue weighted by Crippen LogP contribution is 2.27. The van der Waals surface area contributed by atoms with Crippen molar-refractivity contribution in [2.45, 2.75) is 25.0 Å². The average Bonchev–Trinajstić information content (AvgIpc) is 3.29. The molecule has 2 aliphatic rings. The zero-order valence-electron chi connectivity index (χ0n) is 16.7. The van der Waals surface area contributed by atoms with Gasteiger partial charge in [-0.2, -0.15) is 0 Å². The molecule has 2 saturated heterocycles. The Morgan fingerprint density at radius 2 is 1.90 bits per heavy atom. The van der Waals surface area contributed by atoms with Crippen molar-refractivity contribution in [1.29, 1.82) is 0 Å². The lowest BCUT2D eigenvalue weighted by molar-refractivity contribution is -0.124. The largest absolute Gasteiger partial charge is 0.368 e. The molecular weight excluding hydrogens is 366 g/mol. The normalized spacial score (nSPS) is 22.4. The van der Waals surface area contributed by atoms with Crippen LogP contribution in [0.5, 0.6) is 0 Å². The summed E-state index contributed by atoms with van der Waals surface area (Å²) in [4.78, 5) is 29.9. The van der Waals surface area contributed by atoms with Gasteiger partial charge in [-0.15, -0.1) is 0 Å². The zero-order chi connectivity index (χ0) is 20.2. The molecule has 2 amide bonds. The Kier molecular flexibility index (Phi) is 5.92. The minimum atomic E-state index is -0.394. The molecule has 4 rings (SSSR count). The van der Waals surface area contributed by atoms with Gasteiger partial charge in [0, 0.05) is 37.5 Å². The summed E-state index contributed by atoms with van der Waals surface area (Å²) in [5.41, 5.74) is 2.35. The summed E-state index contributed by atoms with van der Waals surface area (Å²) >= 11 is 0. The quantitative estimate of drug-likeness (QED) is 0.868. The number of carbonyl (C=O) groups excluding carboxylic acids is 2. The second-order valence-electron chi connectivity index (χ2n) is 7.76. The van der Waals surface area contributed by atoms with E-state index in [2.05, 4.69) is 29.4 Å². The molecule has 0 aromatic heterocycles. The SMILES string of the molecule is CN1CCN(C(=O)c2cccc(NC(=O)[C@H]3CCCO3)c2)[C@H](c2ccccc2)C1. The second kappa shape index (κ2) is 8.76. The van der Waals surface area contributed by atoms with Crippen molar-refractivity contribution in [2.24, 2.45) is 0 Å². The van der Waals surface area contributed by atoms with Gasteiger partial charge < -0.3 is 19.9 Å². The molecule has 0 aliphatic carbocycles. The number of nitrogens with zero attached hydrogens (tertiary/aromatic N) is 2. The van der Waals surface area contributed by atoms with E-state index in [-0.39, 0.29) is 17.9 Å². The molecule has 0 saturated carbocycles. The lowest BCUT2D eigenvalue weighted by atomic mass is 10.0. The number of ether oxygens (including phenoxy) is 1. The van der Waals surface area contributed by atoms with E-state index >= 15 is 0 Å². The Balaban J connectivity index is 1.52. The number of benzene rings is 2. The molecule has 6 nitrogen and oxygen atoms in total. The molecule has 2 fully saturated rings. The third kappa shape index (κ3) is 4.49. The third-order valence-electron chi connectivity index (χ3n) is 5.63. The Hall–Kier alpha value is -2.70. The molecule has 152 valence electrons. The molecule has 0 unspecified atom stereocenters. The van der Waals surface area contributed by atoms with Crippen molar-refractivity contribution in [1.82, 2.24) is 9.80 Å². The fraction of sp³-hybridized carbons (Fsp3) is 0.391. The highest BCUT2D eigenvalue weighted by atomic mass is 16.5. The first-order chi connectivity index (χ1) is 14.1. The number of anilines is 1. The minimum absolute atomic E-state index is 0.00702. The highest BCUT2D eigenvalue weighted by Gasteiger charge is 2.31. The summed E-state index contributed by atoms with van der Waals surface area (Å²) < 4.78 is 5.44. The van der Waals surface area contributed by atoms with Gasteiger partial charge in [0.05, 0.1) is 6.04 Å². The van der Waals surface area contributed by atoms with Gasteiger partial charge in [-0.3, -0.25) is 9.59 Å². The maximum absolute atomic E-state index is 13.4. The Morgan fingerprint density at radius 1 is 1.07 bits per heavy atom. The maximum Gasteiger partial charge on any atom is 0.254 e. The van der Waals surface area contributed by atoms with Crippen molar-refractivity contribution >= 4 is 17.5 Å². The van der Waals surface area contributed by atoms with Crippen molar-refractivity contribution in [3.63, 3.8) is 0 Å². The van der Waals surface area contributed by atoms with Crippen LogP contribution >= 0.6 is 0 Å². The summed E-state index contributed by atoms with van der Waals surface area (Å²) in [6.07, 6.45) is 1.25. The number of likely N-dealkylation sites (N-methyl/N-ethyl adjacent to an activating group) is 1. The molecule has 2 aliphatic heterocycles. The van der Waals surface area contributed by atoms with Crippen LogP contribution in [0.2, 0.25) is 0 Å². The lowest BCUT2D eigenvalue weighted by Crippen LogP contribution is -2.49. The van der Waals surface area contributed by atoms with Gasteiger partial charge in [-0.25, -0.2) is 0 Å². The zero-order valence-corrected chi connectivity index (χ0v) is 16.7. The van der Waals surface area contributed by atoms with Crippen LogP contribution < -0.4 is 5.32 Å². The first-order valence-corrected chi connectivity index (χ1v) is 10.2. The standard InChI is InChI=1S/C23H27N3O3/c1-25-12-13-26(20(16-25)17-7-3-2-4-8-17)23(28)18-9-5-10-19(15-18)24-22(27)21-11-6-14-29-21/h2-5,7-10,15,20-21H,6,11-14,16H2,1H3,(H,24,27)/t20-,21+/m0/s1. The molecule has 0 bridgehead atoms. The van der Waals surface area contributed by atoms with Crippen LogP contribution in [0.1, 0.15) is 34.8 Å². The summed E-state index contributed by atoms with van der Waals surface area (Å²) in [7, 11) is 2.08. The molecule has 2 heterocycles. The fourth-order valence-corrected chi connectivity index (χ4v) is 4.03. The van der Waals surface area contributed by atoms with E-state index in [0.717, 1.165) is 31.5 Å². The topological polar surface area (TPSA) is 61.9 Å². The van der Waals surface area contributed by atoms with Crippen LogP contribution in [0.15, 0.2) is 54.6 Å². The van der Waals surface area contributed by atoms with Crippen LogP contribution in [-0.4, -0.2) is 61.0 Å². The Bertz CT molecular complexity index is 865. The average molecular weight is 393 g/mol. The van der Waals surface area contributed by atoms with Gasteiger partial charge in [0.2, 0.25) is 0 Å². The van der Waals surface area contributed by atoms with Gasteiger partial charge in [0.25, 0.3) is 11.8 Å². The summed E-state index contributed by atoms with van der Waals surface area (Å²) in [5.74, 6) is -0.158. The Labute approximate surface area is 171 Å². The molecule has 29 heavy (non-hydrogen) atoms. The summed E-state index contributed by atoms with van der Waals surface area (Å²) in [6, 6.07) is 17.3. The van der Waals surface area contributed by atoms with Crippen molar-refractivity contribution in [3.05, 3.63) is 65.7 Å². The van der Waals surface area contributed by atoms with E-state index in [0.29, 0.717) is 24.4 Å². The molecule has 2 atom stereocenters. The minimum Gasteiger partial charge on any atom is -0.368 e. The second-order valence-corrected chi connectivity index (χ2v) is 7.76. The molecule has 0 spiro atoms. The van der Waals surface area contributed by atoms with Gasteiger partial charge >= 0.3 is 0 Å². The first kappa shape index (κ1) is 19.6. The molecule has 1 N–H and O–H groups in total. The number of hydrogen-bond donors (Lipinski definition) is 1. The summed E-state index contributed by atoms with van der Waals surface area (Å²) in [5, 5.41) is 2.89. The smallest absolute Gasteiger partial charge is 0.254 e. The number of piperazine rings is 1. The Morgan fingerprint density at radius 3 is 2.66 bits per heavy atom. The lowest BCUT2D eigenvalue weighted by Gasteiger charge is -2.40. The van der Waals surface area contributed by atoms with Crippen molar-refractivity contribution in [2.75, 3.05) is 38.6 Å². The maximum atomic E-state index is 13.4. The molecule has 2 aromatic carbocycles. The van der Waals surface area contributed by atoms with E-state index in [1.54, 1.807) is 6.07 Å². The third-order valence-corrected chi connectivity index (χ3v) is 5.63. The van der Waals surface area contributed by atoms with E-state index in [4.69, 9.17) is 4.74 Å². The number of hydrogen-bond acceptors (Lipinski definition) is 4. The van der Waals surface area contributed by atoms with Gasteiger partial charge in [-0.05, 0) is 43.7 Å². The number of nitrogens with one attached hydrogen (secondary N) is 1. The molecular formula is C23H27N3O3. The fourth-order valence-electron chi connectivity index (χ4n) is 4.03. The highest BCUT2D eigenvalue weighted by molar-refractivity contribution is 5.98. The van der Waals surface area contributed by atoms with E-state index in [9.17, 15) is 9.59 Å².